The van der Waals surface area contributed by atoms with E-state index in [1.54, 1.807) is 0 Å². The Balaban J connectivity index is 1.86. The van der Waals surface area contributed by atoms with Crippen LogP contribution in [0, 0.1) is 0 Å². The summed E-state index contributed by atoms with van der Waals surface area (Å²) in [5.41, 5.74) is 11.4. The minimum Gasteiger partial charge on any atom is -0.328 e. The number of rotatable bonds is 10. The van der Waals surface area contributed by atoms with Gasteiger partial charge in [-0.15, -0.1) is 0 Å². The second-order valence-corrected chi connectivity index (χ2v) is 9.19. The summed E-state index contributed by atoms with van der Waals surface area (Å²) in [5.74, 6) is 0.00750. The van der Waals surface area contributed by atoms with Crippen molar-refractivity contribution in [2.45, 2.75) is 74.8 Å². The Morgan fingerprint density at radius 2 is 1.58 bits per heavy atom. The highest BCUT2D eigenvalue weighted by molar-refractivity contribution is 9.10. The molecule has 31 heavy (non-hydrogen) atoms. The third-order valence-electron chi connectivity index (χ3n) is 6.14. The molecule has 0 N–H and O–H groups in total. The highest BCUT2D eigenvalue weighted by Gasteiger charge is 2.41. The first-order valence-corrected chi connectivity index (χ1v) is 12.2. The predicted molar refractivity (Wildman–Crippen MR) is 129 cm³/mol. The Hall–Kier alpha value is -2.30. The monoisotopic (exact) mass is 482 g/mol. The average molecular weight is 483 g/mol. The van der Waals surface area contributed by atoms with E-state index in [-0.39, 0.29) is 24.0 Å². The van der Waals surface area contributed by atoms with Crippen molar-refractivity contribution in [1.29, 1.82) is 0 Å². The fourth-order valence-electron chi connectivity index (χ4n) is 4.54. The van der Waals surface area contributed by atoms with Crippen LogP contribution in [0.4, 0.5) is 0 Å². The lowest BCUT2D eigenvalue weighted by atomic mass is 10.0. The van der Waals surface area contributed by atoms with Gasteiger partial charge in [0.2, 0.25) is 5.91 Å². The van der Waals surface area contributed by atoms with Crippen LogP contribution in [0.1, 0.15) is 75.1 Å². The van der Waals surface area contributed by atoms with Crippen molar-refractivity contribution in [3.05, 3.63) is 82.2 Å². The smallest absolute Gasteiger partial charge is 0.237 e. The predicted octanol–water partition coefficient (Wildman–Crippen LogP) is 7.50. The van der Waals surface area contributed by atoms with Crippen LogP contribution in [0.25, 0.3) is 10.4 Å². The quantitative estimate of drug-likeness (QED) is 0.113. The first kappa shape index (κ1) is 23.4. The van der Waals surface area contributed by atoms with Gasteiger partial charge >= 0.3 is 0 Å². The molecule has 1 heterocycles. The van der Waals surface area contributed by atoms with E-state index in [0.29, 0.717) is 6.42 Å². The van der Waals surface area contributed by atoms with Crippen molar-refractivity contribution < 1.29 is 4.79 Å². The van der Waals surface area contributed by atoms with Crippen molar-refractivity contribution in [1.82, 2.24) is 4.90 Å². The van der Waals surface area contributed by atoms with Gasteiger partial charge in [0.15, 0.2) is 0 Å². The standard InChI is InChI=1S/C25H31BrN4O/c1-2-3-4-11-16-21(28-29-27)24(26)25(31)30-22(19-12-7-5-8-13-19)17-18-23(30)20-14-9-6-10-15-20/h5-10,12-15,21-24H,2-4,11,16-18H2,1H3/t21-,22-,23-,24-/m0/s1. The number of halogens is 1. The number of carbonyl (C=O) groups is 1. The molecule has 0 unspecified atom stereocenters. The maximum absolute atomic E-state index is 13.8. The van der Waals surface area contributed by atoms with Crippen LogP contribution in [-0.2, 0) is 4.79 Å². The van der Waals surface area contributed by atoms with Gasteiger partial charge in [0, 0.05) is 4.91 Å². The third kappa shape index (κ3) is 5.90. The van der Waals surface area contributed by atoms with Crippen molar-refractivity contribution in [2.75, 3.05) is 0 Å². The van der Waals surface area contributed by atoms with Crippen LogP contribution in [0.15, 0.2) is 65.8 Å². The molecule has 0 radical (unpaired) electrons. The van der Waals surface area contributed by atoms with Gasteiger partial charge in [-0.25, -0.2) is 0 Å². The van der Waals surface area contributed by atoms with Gasteiger partial charge in [-0.3, -0.25) is 4.79 Å². The first-order valence-electron chi connectivity index (χ1n) is 11.3. The minimum absolute atomic E-state index is 0.00750. The molecule has 164 valence electrons. The fourth-order valence-corrected chi connectivity index (χ4v) is 5.15. The zero-order chi connectivity index (χ0) is 22.1. The molecule has 2 aromatic carbocycles. The molecule has 2 aromatic rings. The molecule has 1 aliphatic heterocycles. The summed E-state index contributed by atoms with van der Waals surface area (Å²) in [5, 5.41) is 4.00. The summed E-state index contributed by atoms with van der Waals surface area (Å²) >= 11 is 3.63. The fraction of sp³-hybridized carbons (Fsp3) is 0.480. The highest BCUT2D eigenvalue weighted by Crippen LogP contribution is 2.45. The minimum atomic E-state index is -0.527. The number of likely N-dealkylation sites (tertiary alicyclic amines) is 1. The Bertz CT molecular complexity index is 822. The van der Waals surface area contributed by atoms with Gasteiger partial charge in [-0.05, 0) is 35.9 Å². The van der Waals surface area contributed by atoms with Crippen molar-refractivity contribution in [3.63, 3.8) is 0 Å². The number of hydrogen-bond donors (Lipinski definition) is 0. The number of nitrogens with zero attached hydrogens (tertiary/aromatic N) is 4. The lowest BCUT2D eigenvalue weighted by molar-refractivity contribution is -0.134. The van der Waals surface area contributed by atoms with Crippen LogP contribution >= 0.6 is 15.9 Å². The second kappa shape index (κ2) is 11.9. The van der Waals surface area contributed by atoms with Gasteiger partial charge in [-0.1, -0.05) is 114 Å². The second-order valence-electron chi connectivity index (χ2n) is 8.20. The lowest BCUT2D eigenvalue weighted by Gasteiger charge is -2.34. The molecule has 0 aliphatic carbocycles. The van der Waals surface area contributed by atoms with E-state index in [4.69, 9.17) is 5.53 Å². The molecular formula is C25H31BrN4O. The van der Waals surface area contributed by atoms with E-state index in [1.807, 2.05) is 41.3 Å². The summed E-state index contributed by atoms with van der Waals surface area (Å²) < 4.78 is 0. The maximum atomic E-state index is 13.8. The highest BCUT2D eigenvalue weighted by atomic mass is 79.9. The Morgan fingerprint density at radius 1 is 1.03 bits per heavy atom. The van der Waals surface area contributed by atoms with E-state index in [0.717, 1.165) is 49.7 Å². The third-order valence-corrected chi connectivity index (χ3v) is 7.14. The topological polar surface area (TPSA) is 69.1 Å². The zero-order valence-corrected chi connectivity index (χ0v) is 19.7. The molecule has 0 bridgehead atoms. The number of alkyl halides is 1. The van der Waals surface area contributed by atoms with Gasteiger partial charge in [-0.2, -0.15) is 0 Å². The normalized spacial score (nSPS) is 20.1. The van der Waals surface area contributed by atoms with Crippen molar-refractivity contribution >= 4 is 21.8 Å². The molecule has 0 saturated carbocycles. The molecule has 3 rings (SSSR count). The summed E-state index contributed by atoms with van der Waals surface area (Å²) in [6.45, 7) is 2.17. The largest absolute Gasteiger partial charge is 0.328 e. The molecule has 6 heteroatoms. The molecule has 0 spiro atoms. The van der Waals surface area contributed by atoms with Crippen LogP contribution < -0.4 is 0 Å². The van der Waals surface area contributed by atoms with Crippen molar-refractivity contribution in [3.8, 4) is 0 Å². The molecule has 0 aromatic heterocycles. The zero-order valence-electron chi connectivity index (χ0n) is 18.1. The summed E-state index contributed by atoms with van der Waals surface area (Å²) in [7, 11) is 0. The van der Waals surface area contributed by atoms with E-state index in [9.17, 15) is 4.79 Å². The Kier molecular flexibility index (Phi) is 8.98. The van der Waals surface area contributed by atoms with E-state index < -0.39 is 4.83 Å². The molecule has 1 aliphatic rings. The van der Waals surface area contributed by atoms with E-state index in [1.165, 1.54) is 0 Å². The summed E-state index contributed by atoms with van der Waals surface area (Å²) in [6, 6.07) is 20.1. The van der Waals surface area contributed by atoms with Crippen molar-refractivity contribution in [2.24, 2.45) is 5.11 Å². The van der Waals surface area contributed by atoms with Gasteiger partial charge in [0.05, 0.1) is 18.1 Å². The van der Waals surface area contributed by atoms with Crippen LogP contribution in [0.2, 0.25) is 0 Å². The molecule has 1 saturated heterocycles. The summed E-state index contributed by atoms with van der Waals surface area (Å²) in [4.78, 5) is 18.4. The molecule has 1 amide bonds. The maximum Gasteiger partial charge on any atom is 0.237 e. The number of amides is 1. The molecule has 4 atom stereocenters. The molecule has 1 fully saturated rings. The number of azide groups is 1. The molecule has 5 nitrogen and oxygen atoms in total. The van der Waals surface area contributed by atoms with E-state index >= 15 is 0 Å². The Morgan fingerprint density at radius 3 is 2.06 bits per heavy atom. The lowest BCUT2D eigenvalue weighted by Crippen LogP contribution is -2.42. The SMILES string of the molecule is CCCCCC[C@H](N=[N+]=[N-])[C@H](Br)C(=O)N1[C@H](c2ccccc2)CC[C@H]1c1ccccc1. The van der Waals surface area contributed by atoms with Crippen LogP contribution in [-0.4, -0.2) is 21.7 Å². The molecular weight excluding hydrogens is 452 g/mol. The van der Waals surface area contributed by atoms with Gasteiger partial charge in [0.25, 0.3) is 0 Å². The van der Waals surface area contributed by atoms with E-state index in [2.05, 4.69) is 57.1 Å². The number of hydrogen-bond acceptors (Lipinski definition) is 2. The van der Waals surface area contributed by atoms with Gasteiger partial charge in [0.1, 0.15) is 4.83 Å². The number of carbonyl (C=O) groups excluding carboxylic acids is 1. The van der Waals surface area contributed by atoms with Crippen LogP contribution in [0.3, 0.4) is 0 Å². The summed E-state index contributed by atoms with van der Waals surface area (Å²) in [6.07, 6.45) is 6.89. The van der Waals surface area contributed by atoms with Gasteiger partial charge < -0.3 is 4.90 Å². The number of unbranched alkanes of at least 4 members (excludes halogenated alkanes) is 3. The number of benzene rings is 2. The average Bonchev–Trinajstić information content (AvgIpc) is 3.26. The Labute approximate surface area is 193 Å². The van der Waals surface area contributed by atoms with Crippen LogP contribution in [0.5, 0.6) is 0 Å². The first-order chi connectivity index (χ1) is 15.2.